The summed E-state index contributed by atoms with van der Waals surface area (Å²) in [5.41, 5.74) is 10.5. The van der Waals surface area contributed by atoms with Crippen LogP contribution in [0, 0.1) is 0 Å². The van der Waals surface area contributed by atoms with Crippen LogP contribution in [0.25, 0.3) is 65.7 Å². The summed E-state index contributed by atoms with van der Waals surface area (Å²) in [5.74, 6) is 0. The zero-order valence-electron chi connectivity index (χ0n) is 27.0. The van der Waals surface area contributed by atoms with E-state index < -0.39 is 0 Å². The van der Waals surface area contributed by atoms with Crippen molar-refractivity contribution in [1.29, 1.82) is 0 Å². The van der Waals surface area contributed by atoms with Gasteiger partial charge in [0.05, 0.1) is 5.69 Å². The van der Waals surface area contributed by atoms with Gasteiger partial charge < -0.3 is 4.90 Å². The minimum Gasteiger partial charge on any atom is -0.310 e. The number of anilines is 3. The van der Waals surface area contributed by atoms with Crippen molar-refractivity contribution in [3.8, 4) is 33.4 Å². The van der Waals surface area contributed by atoms with Crippen LogP contribution in [-0.4, -0.2) is 0 Å². The average Bonchev–Trinajstić information content (AvgIpc) is 3.19. The predicted molar refractivity (Wildman–Crippen MR) is 210 cm³/mol. The first-order chi connectivity index (χ1) is 24.3. The standard InChI is InChI=1S/C48H33N/c1-4-14-34(15-5-1)36-24-27-39(28-25-36)49(48-31-26-38(35-16-6-2-7-17-35)32-46(48)37-18-8-3-9-19-37)40-29-30-45-43-22-11-10-20-41(43)42-21-12-13-23-44(42)47(45)33-40/h1-33H. The SMILES string of the molecule is c1ccc(-c2ccc(N(c3ccc4c5ccccc5c5ccccc5c4c3)c3ccc(-c4ccccc4)cc3-c3ccccc3)cc2)cc1. The largest absolute Gasteiger partial charge is 0.310 e. The Balaban J connectivity index is 1.30. The summed E-state index contributed by atoms with van der Waals surface area (Å²) in [6.45, 7) is 0. The van der Waals surface area contributed by atoms with Crippen LogP contribution < -0.4 is 4.90 Å². The van der Waals surface area contributed by atoms with E-state index in [0.29, 0.717) is 0 Å². The Morgan fingerprint density at radius 1 is 0.245 bits per heavy atom. The Kier molecular flexibility index (Phi) is 7.22. The van der Waals surface area contributed by atoms with Crippen LogP contribution in [0.4, 0.5) is 17.1 Å². The van der Waals surface area contributed by atoms with Gasteiger partial charge in [-0.2, -0.15) is 0 Å². The van der Waals surface area contributed by atoms with Gasteiger partial charge in [-0.1, -0.05) is 164 Å². The number of nitrogens with zero attached hydrogens (tertiary/aromatic N) is 1. The van der Waals surface area contributed by atoms with E-state index in [0.717, 1.165) is 17.1 Å². The summed E-state index contributed by atoms with van der Waals surface area (Å²) in [6, 6.07) is 72.4. The number of hydrogen-bond donors (Lipinski definition) is 0. The Morgan fingerprint density at radius 2 is 0.653 bits per heavy atom. The lowest BCUT2D eigenvalue weighted by Gasteiger charge is -2.29. The molecule has 49 heavy (non-hydrogen) atoms. The summed E-state index contributed by atoms with van der Waals surface area (Å²) in [6.07, 6.45) is 0. The lowest BCUT2D eigenvalue weighted by atomic mass is 9.93. The van der Waals surface area contributed by atoms with E-state index in [4.69, 9.17) is 0 Å². The van der Waals surface area contributed by atoms with Crippen LogP contribution >= 0.6 is 0 Å². The third-order valence-electron chi connectivity index (χ3n) is 9.65. The Morgan fingerprint density at radius 3 is 1.22 bits per heavy atom. The van der Waals surface area contributed by atoms with Crippen LogP contribution in [-0.2, 0) is 0 Å². The fourth-order valence-electron chi connectivity index (χ4n) is 7.29. The van der Waals surface area contributed by atoms with Crippen molar-refractivity contribution < 1.29 is 0 Å². The van der Waals surface area contributed by atoms with E-state index in [1.165, 1.54) is 65.7 Å². The molecule has 9 aromatic carbocycles. The summed E-state index contributed by atoms with van der Waals surface area (Å²) in [5, 5.41) is 7.62. The lowest BCUT2D eigenvalue weighted by molar-refractivity contribution is 1.29. The van der Waals surface area contributed by atoms with Gasteiger partial charge in [0, 0.05) is 16.9 Å². The maximum absolute atomic E-state index is 2.43. The molecule has 230 valence electrons. The molecule has 0 bridgehead atoms. The van der Waals surface area contributed by atoms with E-state index in [9.17, 15) is 0 Å². The van der Waals surface area contributed by atoms with E-state index in [1.54, 1.807) is 0 Å². The molecule has 0 saturated carbocycles. The van der Waals surface area contributed by atoms with Gasteiger partial charge in [0.15, 0.2) is 0 Å². The molecule has 0 aliphatic heterocycles. The molecule has 0 aromatic heterocycles. The summed E-state index contributed by atoms with van der Waals surface area (Å²) in [4.78, 5) is 2.43. The van der Waals surface area contributed by atoms with Crippen molar-refractivity contribution >= 4 is 49.4 Å². The molecule has 9 rings (SSSR count). The molecule has 0 fully saturated rings. The lowest BCUT2D eigenvalue weighted by Crippen LogP contribution is -2.11. The normalized spacial score (nSPS) is 11.3. The molecule has 0 atom stereocenters. The molecule has 0 amide bonds. The molecule has 1 nitrogen and oxygen atoms in total. The van der Waals surface area contributed by atoms with Crippen molar-refractivity contribution in [3.05, 3.63) is 200 Å². The molecule has 9 aromatic rings. The first kappa shape index (κ1) is 28.8. The van der Waals surface area contributed by atoms with Crippen molar-refractivity contribution in [1.82, 2.24) is 0 Å². The van der Waals surface area contributed by atoms with Gasteiger partial charge in [-0.15, -0.1) is 0 Å². The molecule has 0 aliphatic carbocycles. The highest BCUT2D eigenvalue weighted by atomic mass is 15.1. The highest BCUT2D eigenvalue weighted by molar-refractivity contribution is 6.25. The average molecular weight is 624 g/mol. The van der Waals surface area contributed by atoms with Gasteiger partial charge >= 0.3 is 0 Å². The number of benzene rings is 9. The fourth-order valence-corrected chi connectivity index (χ4v) is 7.29. The van der Waals surface area contributed by atoms with Gasteiger partial charge in [0.2, 0.25) is 0 Å². The van der Waals surface area contributed by atoms with Crippen LogP contribution in [0.3, 0.4) is 0 Å². The van der Waals surface area contributed by atoms with Gasteiger partial charge in [0.1, 0.15) is 0 Å². The highest BCUT2D eigenvalue weighted by Crippen LogP contribution is 2.45. The Labute approximate surface area is 287 Å². The predicted octanol–water partition coefficient (Wildman–Crippen LogP) is 13.6. The smallest absolute Gasteiger partial charge is 0.0540 e. The number of rotatable bonds is 6. The molecule has 0 unspecified atom stereocenters. The Bertz CT molecular complexity index is 2540. The highest BCUT2D eigenvalue weighted by Gasteiger charge is 2.20. The third-order valence-corrected chi connectivity index (χ3v) is 9.65. The molecule has 0 N–H and O–H groups in total. The molecular formula is C48H33N. The van der Waals surface area contributed by atoms with Crippen LogP contribution in [0.2, 0.25) is 0 Å². The molecule has 1 heteroatoms. The number of hydrogen-bond acceptors (Lipinski definition) is 1. The van der Waals surface area contributed by atoms with Crippen molar-refractivity contribution in [3.63, 3.8) is 0 Å². The van der Waals surface area contributed by atoms with Crippen LogP contribution in [0.1, 0.15) is 0 Å². The maximum Gasteiger partial charge on any atom is 0.0540 e. The van der Waals surface area contributed by atoms with Gasteiger partial charge in [-0.25, -0.2) is 0 Å². The van der Waals surface area contributed by atoms with Crippen molar-refractivity contribution in [2.24, 2.45) is 0 Å². The summed E-state index contributed by atoms with van der Waals surface area (Å²) >= 11 is 0. The number of fused-ring (bicyclic) bond motifs is 6. The van der Waals surface area contributed by atoms with E-state index in [1.807, 2.05) is 0 Å². The van der Waals surface area contributed by atoms with Gasteiger partial charge in [-0.05, 0) is 96.5 Å². The van der Waals surface area contributed by atoms with Crippen LogP contribution in [0.15, 0.2) is 200 Å². The Hall–Kier alpha value is -6.44. The molecule has 0 radical (unpaired) electrons. The van der Waals surface area contributed by atoms with Crippen molar-refractivity contribution in [2.75, 3.05) is 4.90 Å². The third kappa shape index (κ3) is 5.23. The monoisotopic (exact) mass is 623 g/mol. The van der Waals surface area contributed by atoms with E-state index in [2.05, 4.69) is 205 Å². The molecule has 0 spiro atoms. The second-order valence-electron chi connectivity index (χ2n) is 12.5. The molecule has 0 heterocycles. The molecular weight excluding hydrogens is 591 g/mol. The fraction of sp³-hybridized carbons (Fsp3) is 0. The topological polar surface area (TPSA) is 3.24 Å². The first-order valence-corrected chi connectivity index (χ1v) is 16.9. The van der Waals surface area contributed by atoms with Gasteiger partial charge in [0.25, 0.3) is 0 Å². The van der Waals surface area contributed by atoms with E-state index >= 15 is 0 Å². The van der Waals surface area contributed by atoms with Crippen molar-refractivity contribution in [2.45, 2.75) is 0 Å². The quantitative estimate of drug-likeness (QED) is 0.167. The second kappa shape index (κ2) is 12.3. The van der Waals surface area contributed by atoms with Gasteiger partial charge in [-0.3, -0.25) is 0 Å². The summed E-state index contributed by atoms with van der Waals surface area (Å²) in [7, 11) is 0. The van der Waals surface area contributed by atoms with Crippen LogP contribution in [0.5, 0.6) is 0 Å². The zero-order valence-corrected chi connectivity index (χ0v) is 27.0. The summed E-state index contributed by atoms with van der Waals surface area (Å²) < 4.78 is 0. The molecule has 0 saturated heterocycles. The van der Waals surface area contributed by atoms with E-state index in [-0.39, 0.29) is 0 Å². The maximum atomic E-state index is 2.43. The minimum atomic E-state index is 1.11. The minimum absolute atomic E-state index is 1.11. The first-order valence-electron chi connectivity index (χ1n) is 16.9. The second-order valence-corrected chi connectivity index (χ2v) is 12.5. The zero-order chi connectivity index (χ0) is 32.6. The molecule has 0 aliphatic rings.